The molecule has 0 radical (unpaired) electrons. The van der Waals surface area contributed by atoms with Crippen molar-refractivity contribution in [3.63, 3.8) is 0 Å². The van der Waals surface area contributed by atoms with Crippen molar-refractivity contribution < 1.29 is 14.7 Å². The monoisotopic (exact) mass is 417 g/mol. The number of hydrogen-bond donors (Lipinski definition) is 1. The van der Waals surface area contributed by atoms with Gasteiger partial charge in [-0.25, -0.2) is 0 Å². The molecule has 3 rings (SSSR count). The second kappa shape index (κ2) is 10.8. The van der Waals surface area contributed by atoms with Crippen LogP contribution in [0.5, 0.6) is 0 Å². The van der Waals surface area contributed by atoms with E-state index in [0.717, 1.165) is 17.5 Å². The number of aryl methyl sites for hydroxylation is 2. The van der Waals surface area contributed by atoms with Gasteiger partial charge >= 0.3 is 5.97 Å². The maximum absolute atomic E-state index is 13.1. The van der Waals surface area contributed by atoms with Crippen molar-refractivity contribution in [2.24, 2.45) is 7.05 Å². The Labute approximate surface area is 184 Å². The van der Waals surface area contributed by atoms with Crippen molar-refractivity contribution in [2.45, 2.75) is 51.9 Å². The van der Waals surface area contributed by atoms with Crippen molar-refractivity contribution in [3.8, 4) is 11.1 Å². The van der Waals surface area contributed by atoms with Gasteiger partial charge in [0, 0.05) is 30.1 Å². The molecule has 0 unspecified atom stereocenters. The van der Waals surface area contributed by atoms with Crippen molar-refractivity contribution in [1.82, 2.24) is 4.57 Å². The average Bonchev–Trinajstić information content (AvgIpc) is 3.13. The molecule has 2 aromatic carbocycles. The summed E-state index contributed by atoms with van der Waals surface area (Å²) in [5.41, 5.74) is 4.93. The van der Waals surface area contributed by atoms with Gasteiger partial charge in [-0.3, -0.25) is 9.59 Å². The number of carbonyl (C=O) groups is 2. The smallest absolute Gasteiger partial charge is 0.309 e. The predicted molar refractivity (Wildman–Crippen MR) is 125 cm³/mol. The normalized spacial score (nSPS) is 10.9. The average molecular weight is 418 g/mol. The Morgan fingerprint density at radius 1 is 0.903 bits per heavy atom. The molecule has 0 spiro atoms. The van der Waals surface area contributed by atoms with E-state index in [1.54, 1.807) is 29.9 Å². The van der Waals surface area contributed by atoms with Gasteiger partial charge in [0.1, 0.15) is 0 Å². The number of ketones is 1. The Hall–Kier alpha value is -3.14. The summed E-state index contributed by atoms with van der Waals surface area (Å²) < 4.78 is 1.70. The Morgan fingerprint density at radius 3 is 2.35 bits per heavy atom. The van der Waals surface area contributed by atoms with E-state index in [0.29, 0.717) is 16.8 Å². The Bertz CT molecular complexity index is 1030. The molecule has 0 amide bonds. The van der Waals surface area contributed by atoms with Crippen LogP contribution in [0.25, 0.3) is 11.1 Å². The lowest BCUT2D eigenvalue weighted by Crippen LogP contribution is -2.11. The molecule has 0 aliphatic carbocycles. The first kappa shape index (κ1) is 22.5. The largest absolute Gasteiger partial charge is 0.481 e. The Kier molecular flexibility index (Phi) is 7.82. The first-order valence-corrected chi connectivity index (χ1v) is 11.1. The summed E-state index contributed by atoms with van der Waals surface area (Å²) in [6, 6.07) is 17.8. The minimum Gasteiger partial charge on any atom is -0.481 e. The fraction of sp³-hybridized carbons (Fsp3) is 0.333. The van der Waals surface area contributed by atoms with E-state index >= 15 is 0 Å². The van der Waals surface area contributed by atoms with Crippen LogP contribution < -0.4 is 0 Å². The zero-order valence-electron chi connectivity index (χ0n) is 18.4. The molecule has 0 atom stereocenters. The van der Waals surface area contributed by atoms with Crippen LogP contribution in [-0.2, 0) is 24.7 Å². The van der Waals surface area contributed by atoms with Crippen LogP contribution in [0.2, 0.25) is 0 Å². The van der Waals surface area contributed by atoms with Crippen LogP contribution in [0.4, 0.5) is 0 Å². The fourth-order valence-corrected chi connectivity index (χ4v) is 3.92. The molecular formula is C27H31NO3. The molecule has 1 aromatic heterocycles. The molecule has 31 heavy (non-hydrogen) atoms. The van der Waals surface area contributed by atoms with E-state index in [1.165, 1.54) is 37.7 Å². The van der Waals surface area contributed by atoms with Gasteiger partial charge in [0.25, 0.3) is 0 Å². The summed E-state index contributed by atoms with van der Waals surface area (Å²) in [6.45, 7) is 2.23. The summed E-state index contributed by atoms with van der Waals surface area (Å²) in [4.78, 5) is 24.3. The Balaban J connectivity index is 1.73. The highest BCUT2D eigenvalue weighted by Gasteiger charge is 2.19. The first-order chi connectivity index (χ1) is 15.0. The van der Waals surface area contributed by atoms with Gasteiger partial charge in [0.15, 0.2) is 5.78 Å². The van der Waals surface area contributed by atoms with Gasteiger partial charge < -0.3 is 9.67 Å². The topological polar surface area (TPSA) is 59.3 Å². The zero-order chi connectivity index (χ0) is 22.2. The molecule has 1 N–H and O–H groups in total. The van der Waals surface area contributed by atoms with E-state index < -0.39 is 5.97 Å². The summed E-state index contributed by atoms with van der Waals surface area (Å²) >= 11 is 0. The number of benzene rings is 2. The van der Waals surface area contributed by atoms with Gasteiger partial charge in [-0.15, -0.1) is 0 Å². The third-order valence-electron chi connectivity index (χ3n) is 5.75. The second-order valence-electron chi connectivity index (χ2n) is 8.13. The summed E-state index contributed by atoms with van der Waals surface area (Å²) in [6.07, 6.45) is 9.05. The van der Waals surface area contributed by atoms with Gasteiger partial charge in [-0.05, 0) is 41.7 Å². The minimum atomic E-state index is -0.949. The molecular weight excluding hydrogens is 386 g/mol. The SMILES string of the molecule is CCCCCCCc1ccc(-c2cccc(C(=O)c3ccn(C)c3CC(=O)O)c2)cc1. The molecule has 4 nitrogen and oxygen atoms in total. The highest BCUT2D eigenvalue weighted by Crippen LogP contribution is 2.24. The third-order valence-corrected chi connectivity index (χ3v) is 5.75. The van der Waals surface area contributed by atoms with Crippen molar-refractivity contribution in [2.75, 3.05) is 0 Å². The van der Waals surface area contributed by atoms with Crippen LogP contribution in [0.1, 0.15) is 66.2 Å². The molecule has 4 heteroatoms. The number of nitrogens with zero attached hydrogens (tertiary/aromatic N) is 1. The van der Waals surface area contributed by atoms with E-state index in [1.807, 2.05) is 18.2 Å². The molecule has 0 saturated heterocycles. The fourth-order valence-electron chi connectivity index (χ4n) is 3.92. The van der Waals surface area contributed by atoms with E-state index in [4.69, 9.17) is 5.11 Å². The number of aliphatic carboxylic acids is 1. The van der Waals surface area contributed by atoms with Crippen LogP contribution in [0.3, 0.4) is 0 Å². The Morgan fingerprint density at radius 2 is 1.65 bits per heavy atom. The van der Waals surface area contributed by atoms with E-state index in [2.05, 4.69) is 31.2 Å². The highest BCUT2D eigenvalue weighted by atomic mass is 16.4. The number of carboxylic acid groups (broad SMARTS) is 1. The zero-order valence-corrected chi connectivity index (χ0v) is 18.4. The van der Waals surface area contributed by atoms with Crippen molar-refractivity contribution in [1.29, 1.82) is 0 Å². The molecule has 0 bridgehead atoms. The van der Waals surface area contributed by atoms with Gasteiger partial charge in [0.2, 0.25) is 0 Å². The van der Waals surface area contributed by atoms with Crippen LogP contribution in [0, 0.1) is 0 Å². The van der Waals surface area contributed by atoms with E-state index in [-0.39, 0.29) is 12.2 Å². The third kappa shape index (κ3) is 5.94. The van der Waals surface area contributed by atoms with Crippen LogP contribution >= 0.6 is 0 Å². The number of hydrogen-bond acceptors (Lipinski definition) is 2. The lowest BCUT2D eigenvalue weighted by atomic mass is 9.96. The predicted octanol–water partition coefficient (Wildman–Crippen LogP) is 6.06. The molecule has 0 aliphatic rings. The van der Waals surface area contributed by atoms with E-state index in [9.17, 15) is 9.59 Å². The summed E-state index contributed by atoms with van der Waals surface area (Å²) in [7, 11) is 1.76. The lowest BCUT2D eigenvalue weighted by Gasteiger charge is -2.08. The first-order valence-electron chi connectivity index (χ1n) is 11.1. The number of carboxylic acids is 1. The van der Waals surface area contributed by atoms with Crippen molar-refractivity contribution in [3.05, 3.63) is 83.2 Å². The molecule has 0 aliphatic heterocycles. The minimum absolute atomic E-state index is 0.151. The molecule has 3 aromatic rings. The summed E-state index contributed by atoms with van der Waals surface area (Å²) in [5.74, 6) is -1.10. The van der Waals surface area contributed by atoms with Crippen molar-refractivity contribution >= 4 is 11.8 Å². The maximum Gasteiger partial charge on any atom is 0.309 e. The molecule has 1 heterocycles. The quantitative estimate of drug-likeness (QED) is 0.305. The molecule has 0 saturated carbocycles. The molecule has 0 fully saturated rings. The van der Waals surface area contributed by atoms with Gasteiger partial charge in [0.05, 0.1) is 6.42 Å². The number of rotatable bonds is 11. The maximum atomic E-state index is 13.1. The molecule has 162 valence electrons. The lowest BCUT2D eigenvalue weighted by molar-refractivity contribution is -0.136. The standard InChI is InChI=1S/C27H31NO3/c1-3-4-5-6-7-9-20-12-14-21(15-13-20)22-10-8-11-23(18-22)27(31)24-16-17-28(2)25(24)19-26(29)30/h8,10-18H,3-7,9,19H2,1-2H3,(H,29,30). The van der Waals surface area contributed by atoms with Gasteiger partial charge in [-0.1, -0.05) is 75.1 Å². The van der Waals surface area contributed by atoms with Crippen LogP contribution in [0.15, 0.2) is 60.8 Å². The summed E-state index contributed by atoms with van der Waals surface area (Å²) in [5, 5.41) is 9.17. The number of aromatic nitrogens is 1. The van der Waals surface area contributed by atoms with Gasteiger partial charge in [-0.2, -0.15) is 0 Å². The number of unbranched alkanes of at least 4 members (excludes halogenated alkanes) is 4. The van der Waals surface area contributed by atoms with Crippen LogP contribution in [-0.4, -0.2) is 21.4 Å². The number of carbonyl (C=O) groups excluding carboxylic acids is 1. The second-order valence-corrected chi connectivity index (χ2v) is 8.13. The highest BCUT2D eigenvalue weighted by molar-refractivity contribution is 6.10.